The fourth-order valence-corrected chi connectivity index (χ4v) is 2.47. The molecule has 3 heteroatoms. The summed E-state index contributed by atoms with van der Waals surface area (Å²) in [6.07, 6.45) is 2.96. The Morgan fingerprint density at radius 3 is 2.75 bits per heavy atom. The summed E-state index contributed by atoms with van der Waals surface area (Å²) in [7, 11) is 0. The molecule has 0 atom stereocenters. The zero-order valence-electron chi connectivity index (χ0n) is 11.1. The second-order valence-corrected chi connectivity index (χ2v) is 4.84. The van der Waals surface area contributed by atoms with Crippen molar-refractivity contribution < 1.29 is 0 Å². The van der Waals surface area contributed by atoms with Crippen LogP contribution in [0.2, 0.25) is 0 Å². The summed E-state index contributed by atoms with van der Waals surface area (Å²) in [5, 5.41) is 10.0. The number of nitriles is 1. The summed E-state index contributed by atoms with van der Waals surface area (Å²) in [6.45, 7) is 0.879. The quantitative estimate of drug-likeness (QED) is 0.735. The summed E-state index contributed by atoms with van der Waals surface area (Å²) < 4.78 is 2.20. The van der Waals surface area contributed by atoms with E-state index in [0.29, 0.717) is 5.56 Å². The molecule has 0 spiro atoms. The Kier molecular flexibility index (Phi) is 3.14. The fourth-order valence-electron chi connectivity index (χ4n) is 2.47. The van der Waals surface area contributed by atoms with Crippen LogP contribution in [0.4, 0.5) is 5.69 Å². The lowest BCUT2D eigenvalue weighted by atomic mass is 10.1. The molecule has 0 saturated carbocycles. The molecule has 3 rings (SSSR count). The third-order valence-electron chi connectivity index (χ3n) is 3.58. The third-order valence-corrected chi connectivity index (χ3v) is 3.58. The first-order chi connectivity index (χ1) is 9.78. The van der Waals surface area contributed by atoms with Gasteiger partial charge >= 0.3 is 0 Å². The Balaban J connectivity index is 1.85. The molecule has 0 unspecified atom stereocenters. The number of hydrogen-bond donors (Lipinski definition) is 1. The SMILES string of the molecule is N#Cc1ccc2c(ccn2CCc2ccccc2N)c1. The Labute approximate surface area is 117 Å². The van der Waals surface area contributed by atoms with E-state index in [1.807, 2.05) is 42.5 Å². The van der Waals surface area contributed by atoms with Crippen molar-refractivity contribution in [2.24, 2.45) is 0 Å². The average Bonchev–Trinajstić information content (AvgIpc) is 2.88. The van der Waals surface area contributed by atoms with Crippen molar-refractivity contribution in [2.45, 2.75) is 13.0 Å². The smallest absolute Gasteiger partial charge is 0.0991 e. The van der Waals surface area contributed by atoms with Crippen LogP contribution in [0.3, 0.4) is 0 Å². The summed E-state index contributed by atoms with van der Waals surface area (Å²) in [5.41, 5.74) is 9.83. The minimum atomic E-state index is 0.697. The number of anilines is 1. The lowest BCUT2D eigenvalue weighted by Crippen LogP contribution is -2.02. The van der Waals surface area contributed by atoms with Crippen molar-refractivity contribution in [2.75, 3.05) is 5.73 Å². The number of fused-ring (bicyclic) bond motifs is 1. The van der Waals surface area contributed by atoms with Crippen LogP contribution in [0.5, 0.6) is 0 Å². The van der Waals surface area contributed by atoms with Crippen molar-refractivity contribution in [3.8, 4) is 6.07 Å². The predicted octanol–water partition coefficient (Wildman–Crippen LogP) is 3.34. The number of aryl methyl sites for hydroxylation is 2. The number of aromatic nitrogens is 1. The molecule has 3 nitrogen and oxygen atoms in total. The van der Waals surface area contributed by atoms with Gasteiger partial charge in [0.05, 0.1) is 11.6 Å². The second-order valence-electron chi connectivity index (χ2n) is 4.84. The maximum Gasteiger partial charge on any atom is 0.0991 e. The highest BCUT2D eigenvalue weighted by atomic mass is 14.9. The van der Waals surface area contributed by atoms with Gasteiger partial charge in [-0.2, -0.15) is 5.26 Å². The average molecular weight is 261 g/mol. The number of nitrogen functional groups attached to an aromatic ring is 1. The van der Waals surface area contributed by atoms with E-state index in [-0.39, 0.29) is 0 Å². The van der Waals surface area contributed by atoms with Gasteiger partial charge in [0.25, 0.3) is 0 Å². The third kappa shape index (κ3) is 2.24. The van der Waals surface area contributed by atoms with Crippen LogP contribution < -0.4 is 5.73 Å². The molecule has 0 aliphatic heterocycles. The molecule has 3 aromatic rings. The standard InChI is InChI=1S/C17H15N3/c18-12-13-5-6-17-15(11-13)8-10-20(17)9-7-14-3-1-2-4-16(14)19/h1-6,8,10-11H,7,9,19H2. The number of benzene rings is 2. The Bertz CT molecular complexity index is 793. The molecule has 0 fully saturated rings. The van der Waals surface area contributed by atoms with Crippen LogP contribution in [0.15, 0.2) is 54.7 Å². The molecule has 0 aliphatic carbocycles. The number of nitrogens with two attached hydrogens (primary N) is 1. The molecule has 2 N–H and O–H groups in total. The largest absolute Gasteiger partial charge is 0.399 e. The van der Waals surface area contributed by atoms with Gasteiger partial charge in [-0.05, 0) is 42.3 Å². The minimum absolute atomic E-state index is 0.697. The number of hydrogen-bond acceptors (Lipinski definition) is 2. The zero-order valence-corrected chi connectivity index (χ0v) is 11.1. The molecule has 2 aromatic carbocycles. The first-order valence-corrected chi connectivity index (χ1v) is 6.60. The van der Waals surface area contributed by atoms with Crippen LogP contribution >= 0.6 is 0 Å². The number of para-hydroxylation sites is 1. The highest BCUT2D eigenvalue weighted by Gasteiger charge is 2.03. The van der Waals surface area contributed by atoms with E-state index in [1.54, 1.807) is 0 Å². The molecular weight excluding hydrogens is 246 g/mol. The van der Waals surface area contributed by atoms with Gasteiger partial charge < -0.3 is 10.3 Å². The molecule has 1 aromatic heterocycles. The van der Waals surface area contributed by atoms with E-state index in [1.165, 1.54) is 5.56 Å². The van der Waals surface area contributed by atoms with Crippen molar-refractivity contribution in [3.63, 3.8) is 0 Å². The predicted molar refractivity (Wildman–Crippen MR) is 81.2 cm³/mol. The first-order valence-electron chi connectivity index (χ1n) is 6.60. The lowest BCUT2D eigenvalue weighted by molar-refractivity contribution is 0.724. The van der Waals surface area contributed by atoms with E-state index in [0.717, 1.165) is 29.6 Å². The molecule has 20 heavy (non-hydrogen) atoms. The first kappa shape index (κ1) is 12.3. The van der Waals surface area contributed by atoms with Crippen LogP contribution in [0.25, 0.3) is 10.9 Å². The molecule has 1 heterocycles. The van der Waals surface area contributed by atoms with Gasteiger partial charge in [-0.3, -0.25) is 0 Å². The maximum absolute atomic E-state index is 8.92. The van der Waals surface area contributed by atoms with E-state index < -0.39 is 0 Å². The molecule has 0 radical (unpaired) electrons. The van der Waals surface area contributed by atoms with Gasteiger partial charge in [0.1, 0.15) is 0 Å². The molecule has 0 bridgehead atoms. The molecule has 0 aliphatic rings. The maximum atomic E-state index is 8.92. The van der Waals surface area contributed by atoms with Crippen molar-refractivity contribution >= 4 is 16.6 Å². The van der Waals surface area contributed by atoms with Gasteiger partial charge in [-0.25, -0.2) is 0 Å². The minimum Gasteiger partial charge on any atom is -0.399 e. The van der Waals surface area contributed by atoms with Crippen LogP contribution in [0, 0.1) is 11.3 Å². The Hall–Kier alpha value is -2.73. The highest BCUT2D eigenvalue weighted by Crippen LogP contribution is 2.19. The normalized spacial score (nSPS) is 10.6. The fraction of sp³-hybridized carbons (Fsp3) is 0.118. The monoisotopic (exact) mass is 261 g/mol. The van der Waals surface area contributed by atoms with Crippen LogP contribution in [-0.4, -0.2) is 4.57 Å². The van der Waals surface area contributed by atoms with Gasteiger partial charge in [0.2, 0.25) is 0 Å². The molecule has 0 saturated heterocycles. The van der Waals surface area contributed by atoms with Gasteiger partial charge in [0.15, 0.2) is 0 Å². The van der Waals surface area contributed by atoms with Gasteiger partial charge in [-0.15, -0.1) is 0 Å². The van der Waals surface area contributed by atoms with E-state index in [9.17, 15) is 0 Å². The Morgan fingerprint density at radius 2 is 1.95 bits per heavy atom. The van der Waals surface area contributed by atoms with Gasteiger partial charge in [0, 0.05) is 29.3 Å². The van der Waals surface area contributed by atoms with E-state index >= 15 is 0 Å². The second kappa shape index (κ2) is 5.10. The Morgan fingerprint density at radius 1 is 1.10 bits per heavy atom. The summed E-state index contributed by atoms with van der Waals surface area (Å²) in [6, 6.07) is 18.0. The van der Waals surface area contributed by atoms with E-state index in [4.69, 9.17) is 11.0 Å². The topological polar surface area (TPSA) is 54.7 Å². The van der Waals surface area contributed by atoms with Crippen molar-refractivity contribution in [3.05, 3.63) is 65.9 Å². The van der Waals surface area contributed by atoms with Crippen LogP contribution in [-0.2, 0) is 13.0 Å². The molecule has 0 amide bonds. The van der Waals surface area contributed by atoms with Crippen molar-refractivity contribution in [1.82, 2.24) is 4.57 Å². The van der Waals surface area contributed by atoms with Crippen molar-refractivity contribution in [1.29, 1.82) is 5.26 Å². The van der Waals surface area contributed by atoms with E-state index in [2.05, 4.69) is 22.9 Å². The molecule has 98 valence electrons. The summed E-state index contributed by atoms with van der Waals surface area (Å²) in [5.74, 6) is 0. The summed E-state index contributed by atoms with van der Waals surface area (Å²) >= 11 is 0. The lowest BCUT2D eigenvalue weighted by Gasteiger charge is -2.08. The molecular formula is C17H15N3. The number of rotatable bonds is 3. The zero-order chi connectivity index (χ0) is 13.9. The highest BCUT2D eigenvalue weighted by molar-refractivity contribution is 5.81. The van der Waals surface area contributed by atoms with Gasteiger partial charge in [-0.1, -0.05) is 18.2 Å². The number of nitrogens with zero attached hydrogens (tertiary/aromatic N) is 2. The van der Waals surface area contributed by atoms with Crippen LogP contribution in [0.1, 0.15) is 11.1 Å². The summed E-state index contributed by atoms with van der Waals surface area (Å²) in [4.78, 5) is 0.